The quantitative estimate of drug-likeness (QED) is 0.684. The Hall–Kier alpha value is -3.35. The molecule has 0 spiro atoms. The van der Waals surface area contributed by atoms with Gasteiger partial charge in [0.2, 0.25) is 0 Å². The number of rotatable bonds is 4. The van der Waals surface area contributed by atoms with Gasteiger partial charge in [-0.15, -0.1) is 0 Å². The van der Waals surface area contributed by atoms with E-state index in [4.69, 9.17) is 0 Å². The van der Waals surface area contributed by atoms with Crippen molar-refractivity contribution >= 4 is 28.5 Å². The lowest BCUT2D eigenvalue weighted by atomic mass is 10.0. The second kappa shape index (κ2) is 8.30. The van der Waals surface area contributed by atoms with Crippen LogP contribution >= 0.6 is 0 Å². The molecule has 2 aromatic carbocycles. The van der Waals surface area contributed by atoms with Crippen LogP contribution < -0.4 is 10.2 Å². The average molecular weight is 432 g/mol. The molecule has 3 aromatic rings. The summed E-state index contributed by atoms with van der Waals surface area (Å²) in [6.07, 6.45) is 4.39. The van der Waals surface area contributed by atoms with Gasteiger partial charge in [0.05, 0.1) is 28.8 Å². The van der Waals surface area contributed by atoms with Gasteiger partial charge >= 0.3 is 0 Å². The number of hydrogen-bond donors (Lipinski definition) is 1. The molecule has 1 atom stereocenters. The first-order valence-corrected chi connectivity index (χ1v) is 11.5. The van der Waals surface area contributed by atoms with Crippen molar-refractivity contribution in [1.29, 1.82) is 0 Å². The van der Waals surface area contributed by atoms with Gasteiger partial charge in [0.1, 0.15) is 12.0 Å². The molecule has 5 rings (SSSR count). The predicted molar refractivity (Wildman–Crippen MR) is 125 cm³/mol. The molecule has 2 aliphatic rings. The smallest absolute Gasteiger partial charge is 0.257 e. The van der Waals surface area contributed by atoms with Crippen molar-refractivity contribution in [3.63, 3.8) is 0 Å². The van der Waals surface area contributed by atoms with E-state index >= 15 is 0 Å². The number of anilines is 1. The lowest BCUT2D eigenvalue weighted by Gasteiger charge is -2.44. The summed E-state index contributed by atoms with van der Waals surface area (Å²) in [5.41, 5.74) is 4.08. The van der Waals surface area contributed by atoms with Crippen LogP contribution in [-0.2, 0) is 13.6 Å². The van der Waals surface area contributed by atoms with Crippen molar-refractivity contribution in [2.75, 3.05) is 18.0 Å². The molecule has 7 nitrogen and oxygen atoms in total. The SMILES string of the molecule is CCN1c2cc(C(=O)NCc3nc4ccccc4n3C)ccc2C(=O)N2CCCCCC21. The molecule has 0 radical (unpaired) electrons. The topological polar surface area (TPSA) is 70.5 Å². The minimum absolute atomic E-state index is 0.0841. The summed E-state index contributed by atoms with van der Waals surface area (Å²) < 4.78 is 2.00. The molecule has 3 heterocycles. The van der Waals surface area contributed by atoms with Crippen LogP contribution in [-0.4, -0.2) is 45.5 Å². The van der Waals surface area contributed by atoms with Gasteiger partial charge in [-0.1, -0.05) is 18.6 Å². The van der Waals surface area contributed by atoms with E-state index in [0.717, 1.165) is 61.3 Å². The minimum Gasteiger partial charge on any atom is -0.351 e. The summed E-state index contributed by atoms with van der Waals surface area (Å²) in [4.78, 5) is 35.1. The van der Waals surface area contributed by atoms with Gasteiger partial charge in [-0.25, -0.2) is 4.98 Å². The van der Waals surface area contributed by atoms with Crippen LogP contribution in [0, 0.1) is 0 Å². The van der Waals surface area contributed by atoms with Crippen LogP contribution in [0.2, 0.25) is 0 Å². The molecular formula is C25H29N5O2. The number of hydrogen-bond acceptors (Lipinski definition) is 4. The molecular weight excluding hydrogens is 402 g/mol. The predicted octanol–water partition coefficient (Wildman–Crippen LogP) is 3.69. The lowest BCUT2D eigenvalue weighted by Crippen LogP contribution is -2.55. The van der Waals surface area contributed by atoms with Crippen LogP contribution in [0.5, 0.6) is 0 Å². The van der Waals surface area contributed by atoms with Crippen molar-refractivity contribution < 1.29 is 9.59 Å². The minimum atomic E-state index is -0.161. The molecule has 2 aliphatic heterocycles. The third kappa shape index (κ3) is 3.42. The highest BCUT2D eigenvalue weighted by molar-refractivity contribution is 6.04. The van der Waals surface area contributed by atoms with Gasteiger partial charge in [-0.05, 0) is 56.5 Å². The Bertz CT molecular complexity index is 1180. The fourth-order valence-corrected chi connectivity index (χ4v) is 5.05. The van der Waals surface area contributed by atoms with E-state index in [1.807, 2.05) is 52.9 Å². The molecule has 32 heavy (non-hydrogen) atoms. The molecule has 1 aromatic heterocycles. The monoisotopic (exact) mass is 431 g/mol. The number of aromatic nitrogens is 2. The Morgan fingerprint density at radius 3 is 2.81 bits per heavy atom. The first-order chi connectivity index (χ1) is 15.6. The Labute approximate surface area is 188 Å². The van der Waals surface area contributed by atoms with Crippen molar-refractivity contribution in [2.24, 2.45) is 7.05 Å². The molecule has 2 amide bonds. The van der Waals surface area contributed by atoms with E-state index in [9.17, 15) is 9.59 Å². The number of nitrogens with zero attached hydrogens (tertiary/aromatic N) is 4. The van der Waals surface area contributed by atoms with Gasteiger partial charge in [0.25, 0.3) is 11.8 Å². The third-order valence-corrected chi connectivity index (χ3v) is 6.77. The van der Waals surface area contributed by atoms with E-state index < -0.39 is 0 Å². The van der Waals surface area contributed by atoms with Crippen LogP contribution in [0.4, 0.5) is 5.69 Å². The number of nitrogens with one attached hydrogen (secondary N) is 1. The largest absolute Gasteiger partial charge is 0.351 e. The molecule has 166 valence electrons. The molecule has 1 unspecified atom stereocenters. The number of para-hydroxylation sites is 2. The zero-order chi connectivity index (χ0) is 22.2. The van der Waals surface area contributed by atoms with Crippen molar-refractivity contribution in [3.05, 3.63) is 59.4 Å². The number of fused-ring (bicyclic) bond motifs is 3. The Morgan fingerprint density at radius 1 is 1.16 bits per heavy atom. The lowest BCUT2D eigenvalue weighted by molar-refractivity contribution is 0.0656. The van der Waals surface area contributed by atoms with Crippen LogP contribution in [0.15, 0.2) is 42.5 Å². The molecule has 0 bridgehead atoms. The number of aryl methyl sites for hydroxylation is 1. The Morgan fingerprint density at radius 2 is 2.00 bits per heavy atom. The summed E-state index contributed by atoms with van der Waals surface area (Å²) in [5.74, 6) is 0.729. The Kier molecular flexibility index (Phi) is 5.33. The average Bonchev–Trinajstić information content (AvgIpc) is 2.97. The zero-order valence-electron chi connectivity index (χ0n) is 18.7. The zero-order valence-corrected chi connectivity index (χ0v) is 18.7. The van der Waals surface area contributed by atoms with Crippen molar-refractivity contribution in [3.8, 4) is 0 Å². The number of carbonyl (C=O) groups is 2. The van der Waals surface area contributed by atoms with Gasteiger partial charge in [0, 0.05) is 25.7 Å². The highest BCUT2D eigenvalue weighted by Gasteiger charge is 2.37. The summed E-state index contributed by atoms with van der Waals surface area (Å²) in [7, 11) is 1.96. The molecule has 0 saturated carbocycles. The van der Waals surface area contributed by atoms with E-state index in [-0.39, 0.29) is 18.0 Å². The number of amides is 2. The highest BCUT2D eigenvalue weighted by Crippen LogP contribution is 2.35. The summed E-state index contributed by atoms with van der Waals surface area (Å²) in [5, 5.41) is 3.00. The van der Waals surface area contributed by atoms with E-state index in [1.54, 1.807) is 6.07 Å². The summed E-state index contributed by atoms with van der Waals surface area (Å²) >= 11 is 0. The second-order valence-corrected chi connectivity index (χ2v) is 8.60. The highest BCUT2D eigenvalue weighted by atomic mass is 16.2. The normalized spacial score (nSPS) is 18.3. The van der Waals surface area contributed by atoms with Crippen LogP contribution in [0.1, 0.15) is 59.1 Å². The standard InChI is InChI=1S/C25H29N5O2/c1-3-29-21-15-17(12-13-18(21)25(32)30-14-8-4-5-11-23(29)30)24(31)26-16-22-27-19-9-6-7-10-20(19)28(22)2/h6-7,9-10,12-13,15,23H,3-5,8,11,14,16H2,1-2H3,(H,26,31). The molecule has 1 fully saturated rings. The molecule has 1 saturated heterocycles. The van der Waals surface area contributed by atoms with Gasteiger partial charge in [-0.3, -0.25) is 9.59 Å². The van der Waals surface area contributed by atoms with Crippen molar-refractivity contribution in [2.45, 2.75) is 45.3 Å². The maximum Gasteiger partial charge on any atom is 0.257 e. The van der Waals surface area contributed by atoms with Crippen LogP contribution in [0.25, 0.3) is 11.0 Å². The molecule has 0 aliphatic carbocycles. The van der Waals surface area contributed by atoms with Crippen molar-refractivity contribution in [1.82, 2.24) is 19.8 Å². The maximum atomic E-state index is 13.2. The summed E-state index contributed by atoms with van der Waals surface area (Å²) in [6, 6.07) is 13.4. The number of carbonyl (C=O) groups excluding carboxylic acids is 2. The van der Waals surface area contributed by atoms with Crippen LogP contribution in [0.3, 0.4) is 0 Å². The summed E-state index contributed by atoms with van der Waals surface area (Å²) in [6.45, 7) is 4.06. The van der Waals surface area contributed by atoms with E-state index in [1.165, 1.54) is 0 Å². The van der Waals surface area contributed by atoms with Gasteiger partial charge < -0.3 is 19.7 Å². The third-order valence-electron chi connectivity index (χ3n) is 6.77. The van der Waals surface area contributed by atoms with Gasteiger partial charge in [0.15, 0.2) is 0 Å². The number of benzene rings is 2. The second-order valence-electron chi connectivity index (χ2n) is 8.60. The maximum absolute atomic E-state index is 13.2. The molecule has 1 N–H and O–H groups in total. The van der Waals surface area contributed by atoms with Gasteiger partial charge in [-0.2, -0.15) is 0 Å². The first-order valence-electron chi connectivity index (χ1n) is 11.5. The number of imidazole rings is 1. The van der Waals surface area contributed by atoms with E-state index in [0.29, 0.717) is 17.7 Å². The van der Waals surface area contributed by atoms with E-state index in [2.05, 4.69) is 22.1 Å². The fraction of sp³-hybridized carbons (Fsp3) is 0.400. The Balaban J connectivity index is 1.39. The fourth-order valence-electron chi connectivity index (χ4n) is 5.05. The first kappa shape index (κ1) is 20.5. The molecule has 7 heteroatoms.